The Morgan fingerprint density at radius 2 is 2.33 bits per heavy atom. The zero-order valence-corrected chi connectivity index (χ0v) is 5.42. The highest BCUT2D eigenvalue weighted by atomic mass is 16.6. The SMILES string of the molecule is COc1[c]n(OC)cc1. The zero-order chi connectivity index (χ0) is 6.69. The molecule has 49 valence electrons. The Morgan fingerprint density at radius 3 is 2.67 bits per heavy atom. The summed E-state index contributed by atoms with van der Waals surface area (Å²) in [5.41, 5.74) is 0. The Labute approximate surface area is 53.8 Å². The van der Waals surface area contributed by atoms with Crippen LogP contribution in [-0.2, 0) is 0 Å². The number of aromatic nitrogens is 1. The smallest absolute Gasteiger partial charge is 0.152 e. The second kappa shape index (κ2) is 2.44. The lowest BCUT2D eigenvalue weighted by molar-refractivity contribution is 0.164. The molecule has 0 bridgehead atoms. The quantitative estimate of drug-likeness (QED) is 0.571. The van der Waals surface area contributed by atoms with Gasteiger partial charge in [0.05, 0.1) is 7.11 Å². The summed E-state index contributed by atoms with van der Waals surface area (Å²) < 4.78 is 6.28. The van der Waals surface area contributed by atoms with E-state index < -0.39 is 0 Å². The lowest BCUT2D eigenvalue weighted by Crippen LogP contribution is -2.01. The third kappa shape index (κ3) is 1.16. The Morgan fingerprint density at radius 1 is 1.56 bits per heavy atom. The van der Waals surface area contributed by atoms with Crippen molar-refractivity contribution in [1.82, 2.24) is 4.73 Å². The largest absolute Gasteiger partial charge is 0.494 e. The molecule has 1 aromatic rings. The summed E-state index contributed by atoms with van der Waals surface area (Å²) in [7, 11) is 3.15. The average Bonchev–Trinajstić information content (AvgIpc) is 2.34. The maximum Gasteiger partial charge on any atom is 0.152 e. The average molecular weight is 126 g/mol. The maximum atomic E-state index is 4.84. The van der Waals surface area contributed by atoms with E-state index in [9.17, 15) is 0 Å². The molecule has 0 aliphatic carbocycles. The molecule has 1 rings (SSSR count). The van der Waals surface area contributed by atoms with E-state index in [4.69, 9.17) is 9.57 Å². The topological polar surface area (TPSA) is 23.4 Å². The van der Waals surface area contributed by atoms with Gasteiger partial charge >= 0.3 is 0 Å². The Balaban J connectivity index is 2.74. The van der Waals surface area contributed by atoms with Gasteiger partial charge in [-0.1, -0.05) is 0 Å². The zero-order valence-electron chi connectivity index (χ0n) is 5.42. The van der Waals surface area contributed by atoms with E-state index in [-0.39, 0.29) is 0 Å². The van der Waals surface area contributed by atoms with E-state index in [1.165, 1.54) is 4.73 Å². The van der Waals surface area contributed by atoms with Gasteiger partial charge in [0.2, 0.25) is 0 Å². The van der Waals surface area contributed by atoms with Gasteiger partial charge in [-0.25, -0.2) is 0 Å². The van der Waals surface area contributed by atoms with Crippen molar-refractivity contribution in [2.75, 3.05) is 14.2 Å². The van der Waals surface area contributed by atoms with E-state index in [1.807, 2.05) is 0 Å². The Hall–Kier alpha value is -1.12. The molecule has 9 heavy (non-hydrogen) atoms. The molecule has 1 aromatic heterocycles. The lowest BCUT2D eigenvalue weighted by atomic mass is 10.6. The summed E-state index contributed by atoms with van der Waals surface area (Å²) in [6.45, 7) is 0. The fraction of sp³-hybridized carbons (Fsp3) is 0.333. The minimum Gasteiger partial charge on any atom is -0.494 e. The lowest BCUT2D eigenvalue weighted by Gasteiger charge is -1.94. The molecule has 0 aromatic carbocycles. The van der Waals surface area contributed by atoms with E-state index >= 15 is 0 Å². The predicted molar refractivity (Wildman–Crippen MR) is 32.3 cm³/mol. The molecular formula is C6H8NO2. The maximum absolute atomic E-state index is 4.84. The molecule has 0 spiro atoms. The predicted octanol–water partition coefficient (Wildman–Crippen LogP) is 0.355. The normalized spacial score (nSPS) is 9.11. The summed E-state index contributed by atoms with van der Waals surface area (Å²) in [4.78, 5) is 4.78. The van der Waals surface area contributed by atoms with Crippen molar-refractivity contribution in [2.45, 2.75) is 0 Å². The van der Waals surface area contributed by atoms with Crippen LogP contribution in [0.3, 0.4) is 0 Å². The Kier molecular flexibility index (Phi) is 1.63. The van der Waals surface area contributed by atoms with E-state index in [1.54, 1.807) is 26.5 Å². The molecule has 0 fully saturated rings. The van der Waals surface area contributed by atoms with Crippen molar-refractivity contribution >= 4 is 0 Å². The van der Waals surface area contributed by atoms with Crippen molar-refractivity contribution in [3.05, 3.63) is 18.5 Å². The van der Waals surface area contributed by atoms with Crippen molar-refractivity contribution in [1.29, 1.82) is 0 Å². The molecule has 1 heterocycles. The highest BCUT2D eigenvalue weighted by molar-refractivity contribution is 5.14. The number of hydrogen-bond donors (Lipinski definition) is 0. The van der Waals surface area contributed by atoms with Crippen molar-refractivity contribution in [3.63, 3.8) is 0 Å². The minimum atomic E-state index is 0.678. The number of methoxy groups -OCH3 is 1. The molecule has 0 aliphatic heterocycles. The van der Waals surface area contributed by atoms with Gasteiger partial charge in [-0.3, -0.25) is 0 Å². The van der Waals surface area contributed by atoms with Crippen LogP contribution in [0.4, 0.5) is 0 Å². The van der Waals surface area contributed by atoms with Crippen LogP contribution in [0, 0.1) is 6.20 Å². The van der Waals surface area contributed by atoms with Crippen LogP contribution in [0.5, 0.6) is 5.75 Å². The molecule has 3 nitrogen and oxygen atoms in total. The van der Waals surface area contributed by atoms with Crippen LogP contribution in [-0.4, -0.2) is 19.0 Å². The van der Waals surface area contributed by atoms with Crippen LogP contribution in [0.15, 0.2) is 12.3 Å². The van der Waals surface area contributed by atoms with E-state index in [0.29, 0.717) is 5.75 Å². The number of nitrogens with zero attached hydrogens (tertiary/aromatic N) is 1. The van der Waals surface area contributed by atoms with Crippen molar-refractivity contribution in [3.8, 4) is 5.75 Å². The number of hydrogen-bond acceptors (Lipinski definition) is 2. The van der Waals surface area contributed by atoms with Gasteiger partial charge in [0.1, 0.15) is 12.9 Å². The molecule has 0 N–H and O–H groups in total. The highest BCUT2D eigenvalue weighted by Gasteiger charge is 1.93. The molecule has 0 saturated carbocycles. The molecular weight excluding hydrogens is 118 g/mol. The van der Waals surface area contributed by atoms with E-state index in [0.717, 1.165) is 0 Å². The van der Waals surface area contributed by atoms with Crippen LogP contribution in [0.1, 0.15) is 0 Å². The third-order valence-electron chi connectivity index (χ3n) is 0.998. The fourth-order valence-electron chi connectivity index (χ4n) is 0.539. The molecule has 3 heteroatoms. The van der Waals surface area contributed by atoms with Gasteiger partial charge in [0.15, 0.2) is 6.20 Å². The molecule has 0 aliphatic rings. The van der Waals surface area contributed by atoms with Gasteiger partial charge < -0.3 is 9.57 Å². The standard InChI is InChI=1S/C6H8NO2/c1-8-6-3-4-7(5-6)9-2/h3-4H,1-2H3. The van der Waals surface area contributed by atoms with E-state index in [2.05, 4.69) is 6.20 Å². The van der Waals surface area contributed by atoms with Crippen molar-refractivity contribution in [2.24, 2.45) is 0 Å². The van der Waals surface area contributed by atoms with Gasteiger partial charge in [-0.15, -0.1) is 0 Å². The summed E-state index contributed by atoms with van der Waals surface area (Å²) in [6, 6.07) is 1.77. The van der Waals surface area contributed by atoms with Crippen LogP contribution >= 0.6 is 0 Å². The molecule has 0 saturated heterocycles. The first-order chi connectivity index (χ1) is 4.36. The highest BCUT2D eigenvalue weighted by Crippen LogP contribution is 2.06. The fourth-order valence-corrected chi connectivity index (χ4v) is 0.539. The summed E-state index contributed by atoms with van der Waals surface area (Å²) in [6.07, 6.45) is 4.51. The van der Waals surface area contributed by atoms with Crippen LogP contribution in [0.2, 0.25) is 0 Å². The number of rotatable bonds is 2. The molecule has 0 atom stereocenters. The number of ether oxygens (including phenoxy) is 1. The van der Waals surface area contributed by atoms with Crippen LogP contribution in [0.25, 0.3) is 0 Å². The molecule has 0 unspecified atom stereocenters. The van der Waals surface area contributed by atoms with Gasteiger partial charge in [-0.05, 0) is 0 Å². The summed E-state index contributed by atoms with van der Waals surface area (Å²) in [5, 5.41) is 0. The first-order valence-corrected chi connectivity index (χ1v) is 2.56. The van der Waals surface area contributed by atoms with Gasteiger partial charge in [0.25, 0.3) is 0 Å². The second-order valence-electron chi connectivity index (χ2n) is 1.50. The van der Waals surface area contributed by atoms with Gasteiger partial charge in [0, 0.05) is 12.3 Å². The van der Waals surface area contributed by atoms with Crippen molar-refractivity contribution < 1.29 is 9.57 Å². The Bertz CT molecular complexity index is 164. The van der Waals surface area contributed by atoms with Gasteiger partial charge in [-0.2, -0.15) is 4.73 Å². The second-order valence-corrected chi connectivity index (χ2v) is 1.50. The molecule has 0 amide bonds. The third-order valence-corrected chi connectivity index (χ3v) is 0.998. The minimum absolute atomic E-state index is 0.678. The first kappa shape index (κ1) is 6.01. The first-order valence-electron chi connectivity index (χ1n) is 2.56. The summed E-state index contributed by atoms with van der Waals surface area (Å²) in [5.74, 6) is 0.678. The van der Waals surface area contributed by atoms with Crippen LogP contribution < -0.4 is 9.57 Å². The summed E-state index contributed by atoms with van der Waals surface area (Å²) >= 11 is 0. The monoisotopic (exact) mass is 126 g/mol. The molecule has 1 radical (unpaired) electrons.